The standard InChI is InChI=1S/C22H30N6O4S.Na.H2O4S/c1-5-7-17-19-20(27(4)25-17)22(29)24-21(23-19)16-14-15(8-9-18(16)32-6-2)33(30,31)28-12-10-26(3)11-13-28;;1-5(2,3)4/h8-9,14H,5-7,10-13H2,1-4H3,(H,23,24,29);;(H2,1,2,3,4)/q;+1;/p-1. The smallest absolute Gasteiger partial charge is 0.726 e. The summed E-state index contributed by atoms with van der Waals surface area (Å²) in [5.41, 5.74) is 1.75. The van der Waals surface area contributed by atoms with Crippen LogP contribution in [-0.2, 0) is 33.9 Å². The van der Waals surface area contributed by atoms with E-state index in [1.54, 1.807) is 25.2 Å². The van der Waals surface area contributed by atoms with Gasteiger partial charge in [0, 0.05) is 33.2 Å². The number of ether oxygens (including phenoxy) is 1. The van der Waals surface area contributed by atoms with Gasteiger partial charge in [0.05, 0.1) is 22.8 Å². The molecule has 2 N–H and O–H groups in total. The average Bonchev–Trinajstić information content (AvgIpc) is 3.14. The summed E-state index contributed by atoms with van der Waals surface area (Å²) in [6.45, 7) is 6.48. The first-order valence-corrected chi connectivity index (χ1v) is 14.7. The number of nitrogens with one attached hydrogen (secondary N) is 1. The molecule has 1 aromatic carbocycles. The summed E-state index contributed by atoms with van der Waals surface area (Å²) in [6.07, 6.45) is 1.54. The number of aromatic amines is 1. The Labute approximate surface area is 249 Å². The van der Waals surface area contributed by atoms with Gasteiger partial charge in [-0.05, 0) is 38.6 Å². The van der Waals surface area contributed by atoms with E-state index in [1.165, 1.54) is 8.99 Å². The molecular formula is C22H31N6NaO8S2. The largest absolute Gasteiger partial charge is 1.00 e. The second kappa shape index (κ2) is 13.6. The molecule has 0 saturated carbocycles. The maximum Gasteiger partial charge on any atom is 1.00 e. The van der Waals surface area contributed by atoms with Crippen LogP contribution >= 0.6 is 0 Å². The maximum atomic E-state index is 13.3. The van der Waals surface area contributed by atoms with Crippen LogP contribution in [0.15, 0.2) is 27.9 Å². The minimum atomic E-state index is -4.92. The third-order valence-electron chi connectivity index (χ3n) is 5.86. The number of nitrogens with zero attached hydrogens (tertiary/aromatic N) is 5. The topological polar surface area (TPSA) is 191 Å². The first kappa shape index (κ1) is 33.3. The Morgan fingerprint density at radius 3 is 2.28 bits per heavy atom. The molecule has 0 aliphatic carbocycles. The van der Waals surface area contributed by atoms with Crippen molar-refractivity contribution in [3.63, 3.8) is 0 Å². The quantitative estimate of drug-likeness (QED) is 0.169. The van der Waals surface area contributed by atoms with E-state index in [0.29, 0.717) is 61.6 Å². The fourth-order valence-electron chi connectivity index (χ4n) is 4.09. The van der Waals surface area contributed by atoms with Crippen molar-refractivity contribution in [2.75, 3.05) is 39.8 Å². The molecular weight excluding hydrogens is 563 g/mol. The van der Waals surface area contributed by atoms with E-state index >= 15 is 0 Å². The normalized spacial score (nSPS) is 14.9. The number of benzene rings is 1. The van der Waals surface area contributed by atoms with Crippen molar-refractivity contribution >= 4 is 31.5 Å². The number of aryl methyl sites for hydroxylation is 2. The molecule has 1 aliphatic rings. The van der Waals surface area contributed by atoms with Crippen molar-refractivity contribution < 1.29 is 60.2 Å². The summed E-state index contributed by atoms with van der Waals surface area (Å²) in [5, 5.41) is 4.45. The van der Waals surface area contributed by atoms with Crippen LogP contribution in [0.4, 0.5) is 0 Å². The minimum Gasteiger partial charge on any atom is -0.726 e. The number of rotatable bonds is 7. The second-order valence-electron chi connectivity index (χ2n) is 8.66. The van der Waals surface area contributed by atoms with Gasteiger partial charge in [-0.15, -0.1) is 0 Å². The molecule has 2 aromatic heterocycles. The van der Waals surface area contributed by atoms with Crippen LogP contribution in [-0.4, -0.2) is 94.7 Å². The van der Waals surface area contributed by atoms with Gasteiger partial charge in [-0.2, -0.15) is 9.40 Å². The van der Waals surface area contributed by atoms with E-state index in [0.717, 1.165) is 12.1 Å². The molecule has 1 aliphatic heterocycles. The number of piperazine rings is 1. The fraction of sp³-hybridized carbons (Fsp3) is 0.500. The van der Waals surface area contributed by atoms with Crippen molar-refractivity contribution in [3.05, 3.63) is 34.2 Å². The molecule has 0 radical (unpaired) electrons. The molecule has 14 nitrogen and oxygen atoms in total. The average molecular weight is 595 g/mol. The zero-order valence-corrected chi connectivity index (χ0v) is 26.2. The molecule has 0 spiro atoms. The van der Waals surface area contributed by atoms with E-state index in [-0.39, 0.29) is 45.8 Å². The SMILES string of the molecule is CCCc1nn(C)c2c(=O)[nH]c(-c3cc(S(=O)(=O)N4CCN(C)CC4)ccc3OCC)nc12.O=S(=O)([O-])O.[Na+]. The van der Waals surface area contributed by atoms with Gasteiger partial charge in [-0.3, -0.25) is 14.0 Å². The summed E-state index contributed by atoms with van der Waals surface area (Å²) in [6, 6.07) is 4.71. The predicted molar refractivity (Wildman–Crippen MR) is 138 cm³/mol. The number of hydrogen-bond donors (Lipinski definition) is 2. The van der Waals surface area contributed by atoms with Crippen molar-refractivity contribution in [2.24, 2.45) is 7.05 Å². The molecule has 0 atom stereocenters. The molecule has 0 amide bonds. The molecule has 3 aromatic rings. The summed E-state index contributed by atoms with van der Waals surface area (Å²) in [5.74, 6) is 0.718. The number of aromatic nitrogens is 4. The van der Waals surface area contributed by atoms with E-state index in [9.17, 15) is 13.2 Å². The van der Waals surface area contributed by atoms with Gasteiger partial charge in [0.25, 0.3) is 5.56 Å². The van der Waals surface area contributed by atoms with Crippen LogP contribution in [0.2, 0.25) is 0 Å². The van der Waals surface area contributed by atoms with Gasteiger partial charge in [0.15, 0.2) is 5.52 Å². The van der Waals surface area contributed by atoms with Gasteiger partial charge in [0.1, 0.15) is 17.1 Å². The Hall–Kier alpha value is -1.89. The third kappa shape index (κ3) is 8.31. The summed E-state index contributed by atoms with van der Waals surface area (Å²) in [4.78, 5) is 22.7. The molecule has 0 bridgehead atoms. The summed E-state index contributed by atoms with van der Waals surface area (Å²) >= 11 is 0. The predicted octanol–water partition coefficient (Wildman–Crippen LogP) is -2.38. The summed E-state index contributed by atoms with van der Waals surface area (Å²) < 4.78 is 68.3. The number of sulfonamides is 1. The Morgan fingerprint density at radius 2 is 1.72 bits per heavy atom. The Kier molecular flexibility index (Phi) is 11.7. The molecule has 210 valence electrons. The second-order valence-corrected chi connectivity index (χ2v) is 11.5. The monoisotopic (exact) mass is 594 g/mol. The molecule has 0 unspecified atom stereocenters. The first-order chi connectivity index (χ1) is 17.8. The molecule has 4 rings (SSSR count). The van der Waals surface area contributed by atoms with E-state index < -0.39 is 20.4 Å². The Balaban J connectivity index is 0.000000816. The van der Waals surface area contributed by atoms with Gasteiger partial charge < -0.3 is 19.2 Å². The molecule has 39 heavy (non-hydrogen) atoms. The zero-order valence-electron chi connectivity index (χ0n) is 22.5. The van der Waals surface area contributed by atoms with E-state index in [2.05, 4.69) is 15.0 Å². The van der Waals surface area contributed by atoms with E-state index in [1.807, 2.05) is 20.9 Å². The van der Waals surface area contributed by atoms with Crippen LogP contribution in [0.3, 0.4) is 0 Å². The molecule has 3 heterocycles. The van der Waals surface area contributed by atoms with Crippen LogP contribution in [0.1, 0.15) is 26.0 Å². The third-order valence-corrected chi connectivity index (χ3v) is 7.75. The van der Waals surface area contributed by atoms with Crippen LogP contribution < -0.4 is 39.9 Å². The van der Waals surface area contributed by atoms with Gasteiger partial charge in [-0.1, -0.05) is 13.3 Å². The molecule has 1 saturated heterocycles. The Bertz CT molecular complexity index is 1560. The van der Waals surface area contributed by atoms with Crippen molar-refractivity contribution in [1.29, 1.82) is 0 Å². The first-order valence-electron chi connectivity index (χ1n) is 11.9. The molecule has 1 fully saturated rings. The van der Waals surface area contributed by atoms with Crippen molar-refractivity contribution in [3.8, 4) is 17.1 Å². The number of hydrogen-bond acceptors (Lipinski definition) is 10. The van der Waals surface area contributed by atoms with Crippen LogP contribution in [0.25, 0.3) is 22.4 Å². The van der Waals surface area contributed by atoms with E-state index in [4.69, 9.17) is 27.2 Å². The van der Waals surface area contributed by atoms with Crippen molar-refractivity contribution in [1.82, 2.24) is 29.0 Å². The minimum absolute atomic E-state index is 0. The number of likely N-dealkylation sites (N-methyl/N-ethyl adjacent to an activating group) is 1. The van der Waals surface area contributed by atoms with Crippen LogP contribution in [0, 0.1) is 0 Å². The maximum absolute atomic E-state index is 13.3. The van der Waals surface area contributed by atoms with Crippen LogP contribution in [0.5, 0.6) is 5.75 Å². The summed E-state index contributed by atoms with van der Waals surface area (Å²) in [7, 11) is -4.92. The molecule has 17 heteroatoms. The number of fused-ring (bicyclic) bond motifs is 1. The number of H-pyrrole nitrogens is 1. The van der Waals surface area contributed by atoms with Crippen molar-refractivity contribution in [2.45, 2.75) is 31.6 Å². The Morgan fingerprint density at radius 1 is 1.10 bits per heavy atom. The van der Waals surface area contributed by atoms with Gasteiger partial charge >= 0.3 is 29.6 Å². The zero-order chi connectivity index (χ0) is 28.3. The van der Waals surface area contributed by atoms with Gasteiger partial charge in [0.2, 0.25) is 20.4 Å². The fourth-order valence-corrected chi connectivity index (χ4v) is 5.54. The van der Waals surface area contributed by atoms with Gasteiger partial charge in [-0.25, -0.2) is 21.8 Å².